The molecule has 0 fully saturated rings. The SMILES string of the molecule is COCCCNC(=O)CN(C)C(=O)C(C)C(C)N.Cl. The second-order valence-electron chi connectivity index (χ2n) is 4.54. The lowest BCUT2D eigenvalue weighted by atomic mass is 10.0. The monoisotopic (exact) mass is 295 g/mol. The Morgan fingerprint density at radius 2 is 1.95 bits per heavy atom. The summed E-state index contributed by atoms with van der Waals surface area (Å²) in [4.78, 5) is 24.8. The Morgan fingerprint density at radius 3 is 2.42 bits per heavy atom. The maximum atomic E-state index is 11.8. The van der Waals surface area contributed by atoms with E-state index in [0.29, 0.717) is 13.2 Å². The number of nitrogens with zero attached hydrogens (tertiary/aromatic N) is 1. The van der Waals surface area contributed by atoms with E-state index in [4.69, 9.17) is 10.5 Å². The molecule has 2 amide bonds. The molecule has 3 N–H and O–H groups in total. The second-order valence-corrected chi connectivity index (χ2v) is 4.54. The van der Waals surface area contributed by atoms with Crippen molar-refractivity contribution >= 4 is 24.2 Å². The minimum absolute atomic E-state index is 0. The Kier molecular flexibility index (Phi) is 11.9. The van der Waals surface area contributed by atoms with Gasteiger partial charge in [-0.15, -0.1) is 12.4 Å². The van der Waals surface area contributed by atoms with Gasteiger partial charge in [0.2, 0.25) is 11.8 Å². The topological polar surface area (TPSA) is 84.7 Å². The summed E-state index contributed by atoms with van der Waals surface area (Å²) in [6.45, 7) is 4.76. The van der Waals surface area contributed by atoms with Crippen LogP contribution < -0.4 is 11.1 Å². The highest BCUT2D eigenvalue weighted by Crippen LogP contribution is 2.04. The van der Waals surface area contributed by atoms with Gasteiger partial charge in [-0.05, 0) is 13.3 Å². The number of carbonyl (C=O) groups is 2. The summed E-state index contributed by atoms with van der Waals surface area (Å²) in [5.41, 5.74) is 5.66. The molecule has 0 aliphatic rings. The summed E-state index contributed by atoms with van der Waals surface area (Å²) in [5.74, 6) is -0.563. The van der Waals surface area contributed by atoms with Crippen molar-refractivity contribution in [3.05, 3.63) is 0 Å². The first-order valence-electron chi connectivity index (χ1n) is 6.16. The first-order valence-corrected chi connectivity index (χ1v) is 6.16. The van der Waals surface area contributed by atoms with Gasteiger partial charge in [0.1, 0.15) is 0 Å². The fourth-order valence-corrected chi connectivity index (χ4v) is 1.37. The number of ether oxygens (including phenoxy) is 1. The highest BCUT2D eigenvalue weighted by Gasteiger charge is 2.22. The lowest BCUT2D eigenvalue weighted by molar-refractivity contribution is -0.138. The van der Waals surface area contributed by atoms with Gasteiger partial charge < -0.3 is 20.7 Å². The molecule has 0 aliphatic heterocycles. The Hall–Kier alpha value is -0.850. The number of carbonyl (C=O) groups excluding carboxylic acids is 2. The molecule has 0 spiro atoms. The summed E-state index contributed by atoms with van der Waals surface area (Å²) in [6.07, 6.45) is 0.760. The van der Waals surface area contributed by atoms with Crippen LogP contribution in [0.25, 0.3) is 0 Å². The molecule has 0 aromatic heterocycles. The molecule has 114 valence electrons. The lowest BCUT2D eigenvalue weighted by Crippen LogP contribution is -2.44. The minimum Gasteiger partial charge on any atom is -0.385 e. The van der Waals surface area contributed by atoms with Crippen LogP contribution in [0.3, 0.4) is 0 Å². The van der Waals surface area contributed by atoms with Gasteiger partial charge in [0.15, 0.2) is 0 Å². The predicted octanol–water partition coefficient (Wildman–Crippen LogP) is 0.00260. The van der Waals surface area contributed by atoms with E-state index in [1.54, 1.807) is 28.0 Å². The highest BCUT2D eigenvalue weighted by molar-refractivity contribution is 5.86. The Balaban J connectivity index is 0. The fourth-order valence-electron chi connectivity index (χ4n) is 1.37. The van der Waals surface area contributed by atoms with Crippen molar-refractivity contribution in [1.29, 1.82) is 0 Å². The number of amides is 2. The van der Waals surface area contributed by atoms with Crippen LogP contribution in [0.4, 0.5) is 0 Å². The third-order valence-corrected chi connectivity index (χ3v) is 2.78. The molecule has 0 rings (SSSR count). The second kappa shape index (κ2) is 11.0. The van der Waals surface area contributed by atoms with Crippen LogP contribution in [0.2, 0.25) is 0 Å². The molecule has 2 unspecified atom stereocenters. The fraction of sp³-hybridized carbons (Fsp3) is 0.833. The van der Waals surface area contributed by atoms with E-state index in [1.165, 1.54) is 4.90 Å². The molecule has 2 atom stereocenters. The standard InChI is InChI=1S/C12H25N3O3.ClH/c1-9(10(2)13)12(17)15(3)8-11(16)14-6-5-7-18-4;/h9-10H,5-8,13H2,1-4H3,(H,14,16);1H. The smallest absolute Gasteiger partial charge is 0.239 e. The molecule has 0 heterocycles. The van der Waals surface area contributed by atoms with Crippen molar-refractivity contribution in [3.8, 4) is 0 Å². The summed E-state index contributed by atoms with van der Waals surface area (Å²) in [5, 5.41) is 2.73. The van der Waals surface area contributed by atoms with Crippen LogP contribution in [0, 0.1) is 5.92 Å². The molecule has 0 aromatic rings. The number of hydrogen-bond acceptors (Lipinski definition) is 4. The average Bonchev–Trinajstić information content (AvgIpc) is 2.32. The average molecular weight is 296 g/mol. The van der Waals surface area contributed by atoms with Gasteiger partial charge in [0, 0.05) is 33.4 Å². The molecular formula is C12H26ClN3O3. The minimum atomic E-state index is -0.281. The van der Waals surface area contributed by atoms with E-state index in [2.05, 4.69) is 5.32 Å². The van der Waals surface area contributed by atoms with Gasteiger partial charge in [0.05, 0.1) is 12.5 Å². The predicted molar refractivity (Wildman–Crippen MR) is 77.2 cm³/mol. The summed E-state index contributed by atoms with van der Waals surface area (Å²) < 4.78 is 4.87. The Bertz CT molecular complexity index is 275. The van der Waals surface area contributed by atoms with Crippen LogP contribution in [0.1, 0.15) is 20.3 Å². The van der Waals surface area contributed by atoms with Crippen LogP contribution >= 0.6 is 12.4 Å². The summed E-state index contributed by atoms with van der Waals surface area (Å²) >= 11 is 0. The van der Waals surface area contributed by atoms with E-state index in [9.17, 15) is 9.59 Å². The molecule has 0 aromatic carbocycles. The van der Waals surface area contributed by atoms with Gasteiger partial charge in [-0.2, -0.15) is 0 Å². The van der Waals surface area contributed by atoms with Crippen LogP contribution in [-0.2, 0) is 14.3 Å². The molecule has 6 nitrogen and oxygen atoms in total. The Morgan fingerprint density at radius 1 is 1.37 bits per heavy atom. The Labute approximate surface area is 121 Å². The first kappa shape index (κ1) is 20.5. The van der Waals surface area contributed by atoms with E-state index < -0.39 is 0 Å². The maximum absolute atomic E-state index is 11.8. The summed E-state index contributed by atoms with van der Waals surface area (Å²) in [7, 11) is 3.22. The number of methoxy groups -OCH3 is 1. The van der Waals surface area contributed by atoms with Gasteiger partial charge in [-0.1, -0.05) is 6.92 Å². The number of halogens is 1. The van der Waals surface area contributed by atoms with Crippen LogP contribution in [0.15, 0.2) is 0 Å². The molecule has 0 aliphatic carbocycles. The number of hydrogen-bond donors (Lipinski definition) is 2. The number of rotatable bonds is 8. The van der Waals surface area contributed by atoms with E-state index in [0.717, 1.165) is 6.42 Å². The highest BCUT2D eigenvalue weighted by atomic mass is 35.5. The van der Waals surface area contributed by atoms with E-state index in [1.807, 2.05) is 0 Å². The molecule has 0 radical (unpaired) electrons. The van der Waals surface area contributed by atoms with Gasteiger partial charge in [-0.3, -0.25) is 9.59 Å². The van der Waals surface area contributed by atoms with Crippen molar-refractivity contribution < 1.29 is 14.3 Å². The summed E-state index contributed by atoms with van der Waals surface area (Å²) in [6, 6.07) is -0.218. The van der Waals surface area contributed by atoms with Gasteiger partial charge >= 0.3 is 0 Å². The van der Waals surface area contributed by atoms with Crippen LogP contribution in [0.5, 0.6) is 0 Å². The molecule has 0 saturated carbocycles. The van der Waals surface area contributed by atoms with Gasteiger partial charge in [0.25, 0.3) is 0 Å². The number of likely N-dealkylation sites (N-methyl/N-ethyl adjacent to an activating group) is 1. The van der Waals surface area contributed by atoms with Crippen molar-refractivity contribution in [1.82, 2.24) is 10.2 Å². The van der Waals surface area contributed by atoms with Crippen molar-refractivity contribution in [2.75, 3.05) is 33.9 Å². The molecular weight excluding hydrogens is 270 g/mol. The molecule has 19 heavy (non-hydrogen) atoms. The lowest BCUT2D eigenvalue weighted by Gasteiger charge is -2.22. The van der Waals surface area contributed by atoms with E-state index >= 15 is 0 Å². The molecule has 7 heteroatoms. The third-order valence-electron chi connectivity index (χ3n) is 2.78. The van der Waals surface area contributed by atoms with Gasteiger partial charge in [-0.25, -0.2) is 0 Å². The quantitative estimate of drug-likeness (QED) is 0.618. The number of nitrogens with one attached hydrogen (secondary N) is 1. The van der Waals surface area contributed by atoms with E-state index in [-0.39, 0.29) is 42.7 Å². The zero-order chi connectivity index (χ0) is 14.1. The molecule has 0 bridgehead atoms. The normalized spacial score (nSPS) is 13.1. The first-order chi connectivity index (χ1) is 8.40. The number of nitrogens with two attached hydrogens (primary N) is 1. The zero-order valence-corrected chi connectivity index (χ0v) is 13.0. The maximum Gasteiger partial charge on any atom is 0.239 e. The largest absolute Gasteiger partial charge is 0.385 e. The van der Waals surface area contributed by atoms with Crippen molar-refractivity contribution in [3.63, 3.8) is 0 Å². The zero-order valence-electron chi connectivity index (χ0n) is 12.1. The third kappa shape index (κ3) is 8.80. The molecule has 0 saturated heterocycles. The van der Waals surface area contributed by atoms with Crippen LogP contribution in [-0.4, -0.2) is 56.6 Å². The van der Waals surface area contributed by atoms with Crippen molar-refractivity contribution in [2.24, 2.45) is 11.7 Å². The van der Waals surface area contributed by atoms with Crippen molar-refractivity contribution in [2.45, 2.75) is 26.3 Å².